The summed E-state index contributed by atoms with van der Waals surface area (Å²) in [6.45, 7) is 0. The molecule has 0 saturated heterocycles. The Morgan fingerprint density at radius 3 is 2.43 bits per heavy atom. The minimum absolute atomic E-state index is 0.465. The highest BCUT2D eigenvalue weighted by atomic mass is 125. The van der Waals surface area contributed by atoms with Crippen LogP contribution in [0.3, 0.4) is 0 Å². The van der Waals surface area contributed by atoms with Crippen molar-refractivity contribution in [1.29, 1.82) is 0 Å². The third-order valence-corrected chi connectivity index (χ3v) is 1.43. The first kappa shape index (κ1) is 7.16. The first-order chi connectivity index (χ1) is 3.18. The summed E-state index contributed by atoms with van der Waals surface area (Å²) in [7, 11) is 0. The Hall–Kier alpha value is 0.160. The van der Waals surface area contributed by atoms with Crippen LogP contribution in [0.25, 0.3) is 0 Å². The second kappa shape index (κ2) is 3.20. The van der Waals surface area contributed by atoms with Gasteiger partial charge in [-0.05, 0) is 0 Å². The molecule has 7 heavy (non-hydrogen) atoms. The summed E-state index contributed by atoms with van der Waals surface area (Å²) < 4.78 is 0.465. The average Bonchev–Trinajstić information content (AvgIpc) is 1.65. The van der Waals surface area contributed by atoms with Gasteiger partial charge in [-0.15, -0.1) is 0 Å². The van der Waals surface area contributed by atoms with Crippen molar-refractivity contribution in [3.8, 4) is 0 Å². The molecule has 42 valence electrons. The summed E-state index contributed by atoms with van der Waals surface area (Å²) in [6.07, 6.45) is 0. The smallest absolute Gasteiger partial charge is 0.321 e. The second-order valence-electron chi connectivity index (χ2n) is 1.10. The molecule has 0 aliphatic carbocycles. The molecular weight excluding hydrogens is 207 g/mol. The van der Waals surface area contributed by atoms with Gasteiger partial charge >= 0.3 is 5.97 Å². The van der Waals surface area contributed by atoms with Gasteiger partial charge in [-0.3, -0.25) is 4.79 Å². The van der Waals surface area contributed by atoms with Crippen LogP contribution in [0.1, 0.15) is 0 Å². The van der Waals surface area contributed by atoms with Gasteiger partial charge in [0.2, 0.25) is 0 Å². The van der Waals surface area contributed by atoms with Crippen molar-refractivity contribution >= 4 is 28.6 Å². The molecular formula is C3H6INO2. The van der Waals surface area contributed by atoms with E-state index in [9.17, 15) is 4.79 Å². The van der Waals surface area contributed by atoms with Crippen molar-refractivity contribution in [3.05, 3.63) is 0 Å². The van der Waals surface area contributed by atoms with E-state index in [1.807, 2.05) is 22.6 Å². The van der Waals surface area contributed by atoms with Crippen molar-refractivity contribution in [2.45, 2.75) is 6.04 Å². The maximum Gasteiger partial charge on any atom is 0.321 e. The number of hydrogen-bond acceptors (Lipinski definition) is 2. The van der Waals surface area contributed by atoms with E-state index in [2.05, 4.69) is 0 Å². The van der Waals surface area contributed by atoms with Crippen LogP contribution in [0, 0.1) is 0 Å². The number of halogens is 1. The number of nitrogens with two attached hydrogens (primary N) is 1. The first-order valence-corrected chi connectivity index (χ1v) is 3.25. The molecule has 0 unspecified atom stereocenters. The SMILES string of the molecule is N[C@H](C[125I])C(=O)O. The number of alkyl halides is 1. The zero-order valence-electron chi connectivity index (χ0n) is 3.60. The third-order valence-electron chi connectivity index (χ3n) is 0.483. The molecule has 0 radical (unpaired) electrons. The third kappa shape index (κ3) is 2.81. The zero-order chi connectivity index (χ0) is 5.86. The van der Waals surface area contributed by atoms with E-state index < -0.39 is 12.0 Å². The van der Waals surface area contributed by atoms with Gasteiger partial charge in [0.15, 0.2) is 0 Å². The van der Waals surface area contributed by atoms with Crippen molar-refractivity contribution in [2.24, 2.45) is 5.73 Å². The summed E-state index contributed by atoms with van der Waals surface area (Å²) in [5, 5.41) is 8.05. The highest BCUT2D eigenvalue weighted by Crippen LogP contribution is 1.85. The molecule has 4 heteroatoms. The number of carbonyl (C=O) groups is 1. The van der Waals surface area contributed by atoms with Gasteiger partial charge in [0.25, 0.3) is 0 Å². The maximum atomic E-state index is 9.80. The van der Waals surface area contributed by atoms with Crippen LogP contribution >= 0.6 is 22.6 Å². The number of rotatable bonds is 2. The van der Waals surface area contributed by atoms with Gasteiger partial charge in [-0.1, -0.05) is 22.6 Å². The van der Waals surface area contributed by atoms with Crippen molar-refractivity contribution in [1.82, 2.24) is 0 Å². The molecule has 0 aliphatic rings. The van der Waals surface area contributed by atoms with Crippen LogP contribution in [-0.4, -0.2) is 21.5 Å². The first-order valence-electron chi connectivity index (χ1n) is 1.73. The normalized spacial score (nSPS) is 13.4. The van der Waals surface area contributed by atoms with E-state index in [0.29, 0.717) is 4.43 Å². The molecule has 0 spiro atoms. The fourth-order valence-corrected chi connectivity index (χ4v) is 0.443. The van der Waals surface area contributed by atoms with Crippen LogP contribution in [-0.2, 0) is 4.79 Å². The Morgan fingerprint density at radius 2 is 2.43 bits per heavy atom. The van der Waals surface area contributed by atoms with E-state index in [1.165, 1.54) is 0 Å². The van der Waals surface area contributed by atoms with E-state index in [4.69, 9.17) is 10.8 Å². The molecule has 0 rings (SSSR count). The van der Waals surface area contributed by atoms with Crippen LogP contribution in [0.2, 0.25) is 0 Å². The Kier molecular flexibility index (Phi) is 3.27. The fraction of sp³-hybridized carbons (Fsp3) is 0.667. The fourth-order valence-electron chi connectivity index (χ4n) is 0.0660. The molecule has 0 aromatic rings. The largest absolute Gasteiger partial charge is 0.480 e. The molecule has 0 bridgehead atoms. The van der Waals surface area contributed by atoms with Gasteiger partial charge < -0.3 is 10.8 Å². The molecule has 0 aromatic heterocycles. The summed E-state index contributed by atoms with van der Waals surface area (Å²) in [6, 6.07) is -0.694. The lowest BCUT2D eigenvalue weighted by Crippen LogP contribution is -2.31. The Bertz CT molecular complexity index is 75.3. The molecule has 0 fully saturated rings. The van der Waals surface area contributed by atoms with Gasteiger partial charge in [0.1, 0.15) is 6.04 Å². The highest BCUT2D eigenvalue weighted by Gasteiger charge is 2.06. The Labute approximate surface area is 55.0 Å². The number of carboxylic acids is 1. The molecule has 3 nitrogen and oxygen atoms in total. The van der Waals surface area contributed by atoms with Crippen LogP contribution in [0.15, 0.2) is 0 Å². The monoisotopic (exact) mass is 213 g/mol. The number of aliphatic carboxylic acids is 1. The van der Waals surface area contributed by atoms with Crippen molar-refractivity contribution < 1.29 is 9.90 Å². The summed E-state index contributed by atoms with van der Waals surface area (Å²) >= 11 is 1.92. The molecule has 0 saturated carbocycles. The molecule has 0 aromatic carbocycles. The van der Waals surface area contributed by atoms with Crippen molar-refractivity contribution in [2.75, 3.05) is 4.43 Å². The minimum Gasteiger partial charge on any atom is -0.480 e. The topological polar surface area (TPSA) is 63.3 Å². The second-order valence-corrected chi connectivity index (χ2v) is 1.98. The van der Waals surface area contributed by atoms with E-state index >= 15 is 0 Å². The molecule has 3 N–H and O–H groups in total. The van der Waals surface area contributed by atoms with E-state index in [0.717, 1.165) is 0 Å². The zero-order valence-corrected chi connectivity index (χ0v) is 5.75. The molecule has 0 amide bonds. The standard InChI is InChI=1S/C3H6INO2/c4-1-2(5)3(6)7/h2H,1,5H2,(H,6,7)/t2-/m1/s1/i4-2. The van der Waals surface area contributed by atoms with Gasteiger partial charge in [0, 0.05) is 4.43 Å². The van der Waals surface area contributed by atoms with Crippen molar-refractivity contribution in [3.63, 3.8) is 0 Å². The lowest BCUT2D eigenvalue weighted by molar-refractivity contribution is -0.137. The van der Waals surface area contributed by atoms with E-state index in [-0.39, 0.29) is 0 Å². The molecule has 1 atom stereocenters. The van der Waals surface area contributed by atoms with Crippen LogP contribution < -0.4 is 5.73 Å². The number of hydrogen-bond donors (Lipinski definition) is 2. The Morgan fingerprint density at radius 1 is 2.00 bits per heavy atom. The lowest BCUT2D eigenvalue weighted by Gasteiger charge is -1.95. The summed E-state index contributed by atoms with van der Waals surface area (Å²) in [5.41, 5.74) is 5.01. The maximum absolute atomic E-state index is 9.80. The van der Waals surface area contributed by atoms with Gasteiger partial charge in [0.05, 0.1) is 0 Å². The summed E-state index contributed by atoms with van der Waals surface area (Å²) in [5.74, 6) is -0.936. The minimum atomic E-state index is -0.936. The predicted molar refractivity (Wildman–Crippen MR) is 34.5 cm³/mol. The highest BCUT2D eigenvalue weighted by molar-refractivity contribution is 14.1. The van der Waals surface area contributed by atoms with Gasteiger partial charge in [-0.2, -0.15) is 0 Å². The van der Waals surface area contributed by atoms with Crippen LogP contribution in [0.4, 0.5) is 0 Å². The molecule has 0 aliphatic heterocycles. The average molecular weight is 213 g/mol. The number of carboxylic acid groups (broad SMARTS) is 1. The molecule has 0 heterocycles. The van der Waals surface area contributed by atoms with Crippen LogP contribution in [0.5, 0.6) is 0 Å². The lowest BCUT2D eigenvalue weighted by atomic mass is 10.4. The van der Waals surface area contributed by atoms with Gasteiger partial charge in [-0.25, -0.2) is 0 Å². The summed E-state index contributed by atoms with van der Waals surface area (Å²) in [4.78, 5) is 9.80. The quantitative estimate of drug-likeness (QED) is 0.494. The van der Waals surface area contributed by atoms with E-state index in [1.54, 1.807) is 0 Å². The Balaban J connectivity index is 3.34. The predicted octanol–water partition coefficient (Wildman–Crippen LogP) is -0.167.